The van der Waals surface area contributed by atoms with E-state index in [1.54, 1.807) is 30.3 Å². The molecule has 0 aliphatic carbocycles. The smallest absolute Gasteiger partial charge is 0.282 e. The number of furan rings is 1. The molecule has 3 rings (SSSR count). The van der Waals surface area contributed by atoms with E-state index in [1.165, 1.54) is 30.5 Å². The van der Waals surface area contributed by atoms with Crippen LogP contribution in [0.1, 0.15) is 16.1 Å². The monoisotopic (exact) mass is 403 g/mol. The molecule has 1 heterocycles. The summed E-state index contributed by atoms with van der Waals surface area (Å²) in [5.74, 6) is 0.160. The molecule has 9 heteroatoms. The van der Waals surface area contributed by atoms with Crippen molar-refractivity contribution in [1.82, 2.24) is 5.43 Å². The zero-order valence-electron chi connectivity index (χ0n) is 13.6. The summed E-state index contributed by atoms with van der Waals surface area (Å²) in [5.41, 5.74) is 2.50. The molecule has 0 aliphatic rings. The van der Waals surface area contributed by atoms with Crippen LogP contribution in [0.4, 0.5) is 5.69 Å². The number of nitro groups is 1. The number of benzene rings is 2. The topological polar surface area (TPSA) is 97.7 Å². The molecule has 0 saturated carbocycles. The molecule has 0 saturated heterocycles. The number of hydrazone groups is 1. The highest BCUT2D eigenvalue weighted by molar-refractivity contribution is 6.36. The molecule has 1 aromatic heterocycles. The van der Waals surface area contributed by atoms with Gasteiger partial charge in [0.25, 0.3) is 11.6 Å². The van der Waals surface area contributed by atoms with Crippen LogP contribution in [-0.4, -0.2) is 17.0 Å². The first-order chi connectivity index (χ1) is 13.0. The summed E-state index contributed by atoms with van der Waals surface area (Å²) in [6.45, 7) is 0. The van der Waals surface area contributed by atoms with Gasteiger partial charge < -0.3 is 4.42 Å². The summed E-state index contributed by atoms with van der Waals surface area (Å²) in [6, 6.07) is 13.9. The largest absolute Gasteiger partial charge is 0.455 e. The number of para-hydroxylation sites is 1. The van der Waals surface area contributed by atoms with Gasteiger partial charge in [-0.3, -0.25) is 14.9 Å². The van der Waals surface area contributed by atoms with E-state index in [9.17, 15) is 14.9 Å². The molecule has 7 nitrogen and oxygen atoms in total. The van der Waals surface area contributed by atoms with Gasteiger partial charge in [-0.25, -0.2) is 5.43 Å². The maximum atomic E-state index is 12.1. The van der Waals surface area contributed by atoms with Crippen LogP contribution in [-0.2, 0) is 0 Å². The minimum absolute atomic E-state index is 0.0901. The average Bonchev–Trinajstić information content (AvgIpc) is 3.10. The Balaban J connectivity index is 1.72. The molecule has 0 unspecified atom stereocenters. The van der Waals surface area contributed by atoms with Crippen molar-refractivity contribution in [3.63, 3.8) is 0 Å². The van der Waals surface area contributed by atoms with Crippen LogP contribution in [0.3, 0.4) is 0 Å². The summed E-state index contributed by atoms with van der Waals surface area (Å²) >= 11 is 12.0. The van der Waals surface area contributed by atoms with Crippen LogP contribution in [0.5, 0.6) is 0 Å². The number of nitrogens with zero attached hydrogens (tertiary/aromatic N) is 2. The zero-order valence-corrected chi connectivity index (χ0v) is 15.1. The molecular formula is C18H11Cl2N3O4. The van der Waals surface area contributed by atoms with E-state index in [0.29, 0.717) is 27.1 Å². The number of rotatable bonds is 5. The second-order valence-electron chi connectivity index (χ2n) is 5.30. The lowest BCUT2D eigenvalue weighted by Crippen LogP contribution is -2.18. The maximum Gasteiger partial charge on any atom is 0.282 e. The van der Waals surface area contributed by atoms with Crippen molar-refractivity contribution in [3.05, 3.63) is 86.1 Å². The van der Waals surface area contributed by atoms with E-state index in [0.717, 1.165) is 0 Å². The predicted octanol–water partition coefficient (Wildman–Crippen LogP) is 4.93. The summed E-state index contributed by atoms with van der Waals surface area (Å²) in [7, 11) is 0. The van der Waals surface area contributed by atoms with Gasteiger partial charge in [0, 0.05) is 16.7 Å². The number of nitrogens with one attached hydrogen (secondary N) is 1. The van der Waals surface area contributed by atoms with Crippen molar-refractivity contribution >= 4 is 41.0 Å². The Morgan fingerprint density at radius 2 is 1.93 bits per heavy atom. The molecule has 0 radical (unpaired) electrons. The predicted molar refractivity (Wildman–Crippen MR) is 102 cm³/mol. The van der Waals surface area contributed by atoms with Crippen LogP contribution in [0, 0.1) is 10.1 Å². The van der Waals surface area contributed by atoms with Crippen LogP contribution < -0.4 is 5.43 Å². The number of hydrogen-bond acceptors (Lipinski definition) is 5. The standard InChI is InChI=1S/C18H11Cl2N3O4/c19-11-5-7-13(15(20)9-11)17-8-6-12(27-17)10-21-22-18(24)14-3-1-2-4-16(14)23(25)26/h1-10H,(H,22,24)/b21-10-. The molecule has 0 fully saturated rings. The second kappa shape index (κ2) is 8.03. The molecule has 0 atom stereocenters. The Bertz CT molecular complexity index is 1050. The van der Waals surface area contributed by atoms with E-state index >= 15 is 0 Å². The van der Waals surface area contributed by atoms with Gasteiger partial charge in [-0.1, -0.05) is 35.3 Å². The first-order valence-electron chi connectivity index (χ1n) is 7.58. The minimum Gasteiger partial charge on any atom is -0.455 e. The Morgan fingerprint density at radius 1 is 1.15 bits per heavy atom. The van der Waals surface area contributed by atoms with E-state index in [-0.39, 0.29) is 11.3 Å². The molecule has 0 aliphatic heterocycles. The van der Waals surface area contributed by atoms with Crippen LogP contribution in [0.15, 0.2) is 64.1 Å². The van der Waals surface area contributed by atoms with E-state index in [2.05, 4.69) is 10.5 Å². The normalized spacial score (nSPS) is 10.9. The molecule has 27 heavy (non-hydrogen) atoms. The first kappa shape index (κ1) is 18.6. The summed E-state index contributed by atoms with van der Waals surface area (Å²) in [5, 5.41) is 15.7. The average molecular weight is 404 g/mol. The van der Waals surface area contributed by atoms with E-state index < -0.39 is 10.8 Å². The van der Waals surface area contributed by atoms with Crippen molar-refractivity contribution in [3.8, 4) is 11.3 Å². The first-order valence-corrected chi connectivity index (χ1v) is 8.33. The lowest BCUT2D eigenvalue weighted by atomic mass is 10.2. The van der Waals surface area contributed by atoms with Gasteiger partial charge in [-0.05, 0) is 36.4 Å². The number of carbonyl (C=O) groups is 1. The molecule has 0 spiro atoms. The van der Waals surface area contributed by atoms with E-state index in [4.69, 9.17) is 27.6 Å². The van der Waals surface area contributed by atoms with Crippen LogP contribution in [0.2, 0.25) is 10.0 Å². The fraction of sp³-hybridized carbons (Fsp3) is 0. The lowest BCUT2D eigenvalue weighted by molar-refractivity contribution is -0.385. The van der Waals surface area contributed by atoms with Gasteiger partial charge in [-0.2, -0.15) is 5.10 Å². The van der Waals surface area contributed by atoms with Gasteiger partial charge in [-0.15, -0.1) is 0 Å². The lowest BCUT2D eigenvalue weighted by Gasteiger charge is -2.01. The van der Waals surface area contributed by atoms with Gasteiger partial charge in [0.05, 0.1) is 16.2 Å². The van der Waals surface area contributed by atoms with Crippen LogP contribution in [0.25, 0.3) is 11.3 Å². The molecule has 136 valence electrons. The highest BCUT2D eigenvalue weighted by Gasteiger charge is 2.18. The maximum absolute atomic E-state index is 12.1. The quantitative estimate of drug-likeness (QED) is 0.371. The summed E-state index contributed by atoms with van der Waals surface area (Å²) in [6.07, 6.45) is 1.28. The number of halogens is 2. The minimum atomic E-state index is -0.703. The van der Waals surface area contributed by atoms with Crippen LogP contribution >= 0.6 is 23.2 Å². The third-order valence-corrected chi connectivity index (χ3v) is 4.07. The third kappa shape index (κ3) is 4.33. The number of hydrogen-bond donors (Lipinski definition) is 1. The molecule has 2 aromatic carbocycles. The fourth-order valence-corrected chi connectivity index (χ4v) is 2.80. The van der Waals surface area contributed by atoms with Gasteiger partial charge in [0.15, 0.2) is 0 Å². The second-order valence-corrected chi connectivity index (χ2v) is 6.14. The number of amides is 1. The fourth-order valence-electron chi connectivity index (χ4n) is 2.30. The van der Waals surface area contributed by atoms with Crippen molar-refractivity contribution in [1.29, 1.82) is 0 Å². The third-order valence-electron chi connectivity index (χ3n) is 3.53. The van der Waals surface area contributed by atoms with Gasteiger partial charge >= 0.3 is 0 Å². The number of carbonyl (C=O) groups excluding carboxylic acids is 1. The Kier molecular flexibility index (Phi) is 5.54. The Labute approximate surface area is 163 Å². The zero-order chi connectivity index (χ0) is 19.4. The van der Waals surface area contributed by atoms with Crippen molar-refractivity contribution < 1.29 is 14.1 Å². The molecule has 1 N–H and O–H groups in total. The molecule has 0 bridgehead atoms. The SMILES string of the molecule is O=C(N/N=C\c1ccc(-c2ccc(Cl)cc2Cl)o1)c1ccccc1[N+](=O)[O-]. The van der Waals surface area contributed by atoms with Crippen molar-refractivity contribution in [2.45, 2.75) is 0 Å². The Morgan fingerprint density at radius 3 is 2.67 bits per heavy atom. The molecular weight excluding hydrogens is 393 g/mol. The molecule has 1 amide bonds. The van der Waals surface area contributed by atoms with Crippen molar-refractivity contribution in [2.75, 3.05) is 0 Å². The highest BCUT2D eigenvalue weighted by Crippen LogP contribution is 2.31. The summed E-state index contributed by atoms with van der Waals surface area (Å²) in [4.78, 5) is 22.4. The summed E-state index contributed by atoms with van der Waals surface area (Å²) < 4.78 is 5.60. The van der Waals surface area contributed by atoms with Gasteiger partial charge in [0.1, 0.15) is 17.1 Å². The Hall–Kier alpha value is -3.16. The highest BCUT2D eigenvalue weighted by atomic mass is 35.5. The van der Waals surface area contributed by atoms with E-state index in [1.807, 2.05) is 0 Å². The number of nitro benzene ring substituents is 1. The van der Waals surface area contributed by atoms with Gasteiger partial charge in [0.2, 0.25) is 0 Å². The van der Waals surface area contributed by atoms with Crippen molar-refractivity contribution in [2.24, 2.45) is 5.10 Å². The molecule has 3 aromatic rings.